The number of alkyl halides is 1. The number of hydrogen-bond donors (Lipinski definition) is 0. The van der Waals surface area contributed by atoms with Crippen LogP contribution in [-0.2, 0) is 38.1 Å². The van der Waals surface area contributed by atoms with Gasteiger partial charge in [0.15, 0.2) is 5.56 Å². The molecular weight excluding hydrogens is 463 g/mol. The topological polar surface area (TPSA) is 70.1 Å². The Morgan fingerprint density at radius 3 is 2.00 bits per heavy atom. The molecule has 0 fully saturated rings. The molecule has 0 bridgehead atoms. The summed E-state index contributed by atoms with van der Waals surface area (Å²) in [5.74, 6) is 0.404. The van der Waals surface area contributed by atoms with E-state index in [0.29, 0.717) is 24.6 Å². The van der Waals surface area contributed by atoms with Crippen LogP contribution in [0.4, 0.5) is 10.6 Å². The lowest BCUT2D eigenvalue weighted by atomic mass is 10.2. The molecule has 1 aromatic heterocycles. The maximum Gasteiger partial charge on any atom is 0.416 e. The monoisotopic (exact) mass is 488 g/mol. The molecule has 0 aliphatic heterocycles. The molecule has 1 amide bonds. The summed E-state index contributed by atoms with van der Waals surface area (Å²) in [6.07, 6.45) is 0.980. The Hall–Kier alpha value is -2.54. The lowest BCUT2D eigenvalue weighted by Gasteiger charge is -2.21. The lowest BCUT2D eigenvalue weighted by molar-refractivity contribution is 0.143. The molecule has 1 unspecified atom stereocenters. The van der Waals surface area contributed by atoms with E-state index in [1.807, 2.05) is 66.7 Å². The van der Waals surface area contributed by atoms with E-state index in [9.17, 15) is 4.79 Å². The minimum atomic E-state index is -1.68. The number of benzene rings is 2. The van der Waals surface area contributed by atoms with Crippen LogP contribution in [0.2, 0.25) is 0 Å². The first kappa shape index (κ1) is 25.1. The standard InChI is InChI=1S/C24H26ClN2O5P/c1-19(25)32-24(28)27(2)23-22(14-9-15-26-23)18-31-33(29-16-20-10-5-3-6-11-20)30-17-21-12-7-4-8-13-21/h3-15,19H,16-18H2,1-2H3. The predicted molar refractivity (Wildman–Crippen MR) is 129 cm³/mol. The van der Waals surface area contributed by atoms with Crippen LogP contribution in [0.15, 0.2) is 79.0 Å². The highest BCUT2D eigenvalue weighted by atomic mass is 35.5. The molecular formula is C24H26ClN2O5P. The van der Waals surface area contributed by atoms with Gasteiger partial charge in [0, 0.05) is 18.8 Å². The first-order valence-electron chi connectivity index (χ1n) is 10.3. The number of halogens is 1. The number of aromatic nitrogens is 1. The van der Waals surface area contributed by atoms with Crippen molar-refractivity contribution in [3.63, 3.8) is 0 Å². The van der Waals surface area contributed by atoms with E-state index in [4.69, 9.17) is 29.9 Å². The van der Waals surface area contributed by atoms with Crippen LogP contribution >= 0.6 is 20.2 Å². The van der Waals surface area contributed by atoms with Gasteiger partial charge in [-0.05, 0) is 24.1 Å². The van der Waals surface area contributed by atoms with Crippen molar-refractivity contribution in [2.24, 2.45) is 0 Å². The number of pyridine rings is 1. The predicted octanol–water partition coefficient (Wildman–Crippen LogP) is 6.42. The summed E-state index contributed by atoms with van der Waals surface area (Å²) < 4.78 is 22.9. The number of hydrogen-bond acceptors (Lipinski definition) is 6. The Bertz CT molecular complexity index is 951. The number of anilines is 1. The minimum Gasteiger partial charge on any atom is -0.430 e. The largest absolute Gasteiger partial charge is 0.430 e. The van der Waals surface area contributed by atoms with Gasteiger partial charge >= 0.3 is 14.7 Å². The van der Waals surface area contributed by atoms with E-state index in [1.54, 1.807) is 26.2 Å². The Kier molecular flexibility index (Phi) is 10.1. The van der Waals surface area contributed by atoms with Crippen molar-refractivity contribution < 1.29 is 23.1 Å². The van der Waals surface area contributed by atoms with Gasteiger partial charge in [-0.1, -0.05) is 78.3 Å². The van der Waals surface area contributed by atoms with Crippen LogP contribution in [-0.4, -0.2) is 23.7 Å². The zero-order valence-corrected chi connectivity index (χ0v) is 20.1. The summed E-state index contributed by atoms with van der Waals surface area (Å²) in [4.78, 5) is 17.8. The molecule has 0 spiro atoms. The second-order valence-electron chi connectivity index (χ2n) is 6.99. The van der Waals surface area contributed by atoms with E-state index in [-0.39, 0.29) is 6.61 Å². The summed E-state index contributed by atoms with van der Waals surface area (Å²) in [7, 11) is -0.113. The third-order valence-electron chi connectivity index (χ3n) is 4.41. The molecule has 1 heterocycles. The maximum absolute atomic E-state index is 12.3. The summed E-state index contributed by atoms with van der Waals surface area (Å²) >= 11 is 5.77. The second-order valence-corrected chi connectivity index (χ2v) is 8.82. The molecule has 7 nitrogen and oxygen atoms in total. The van der Waals surface area contributed by atoms with Gasteiger partial charge < -0.3 is 18.3 Å². The van der Waals surface area contributed by atoms with E-state index in [0.717, 1.165) is 11.1 Å². The third-order valence-corrected chi connectivity index (χ3v) is 5.52. The maximum atomic E-state index is 12.3. The van der Waals surface area contributed by atoms with Gasteiger partial charge in [-0.3, -0.25) is 4.90 Å². The number of amides is 1. The molecule has 0 saturated heterocycles. The quantitative estimate of drug-likeness (QED) is 0.229. The first-order chi connectivity index (χ1) is 16.0. The van der Waals surface area contributed by atoms with Crippen LogP contribution in [0.5, 0.6) is 0 Å². The van der Waals surface area contributed by atoms with Gasteiger partial charge in [-0.15, -0.1) is 0 Å². The summed E-state index contributed by atoms with van der Waals surface area (Å²) in [5.41, 5.74) is 1.94. The lowest BCUT2D eigenvalue weighted by Crippen LogP contribution is -2.30. The molecule has 3 aromatic rings. The molecule has 1 atom stereocenters. The zero-order chi connectivity index (χ0) is 23.5. The van der Waals surface area contributed by atoms with E-state index in [1.165, 1.54) is 4.90 Å². The molecule has 3 rings (SSSR count). The fraction of sp³-hybridized carbons (Fsp3) is 0.250. The van der Waals surface area contributed by atoms with E-state index in [2.05, 4.69) is 4.98 Å². The highest BCUT2D eigenvalue weighted by Crippen LogP contribution is 2.43. The van der Waals surface area contributed by atoms with Gasteiger partial charge in [-0.25, -0.2) is 9.78 Å². The van der Waals surface area contributed by atoms with Crippen LogP contribution < -0.4 is 4.90 Å². The van der Waals surface area contributed by atoms with Gasteiger partial charge in [0.1, 0.15) is 5.82 Å². The van der Waals surface area contributed by atoms with Crippen LogP contribution in [0.1, 0.15) is 23.6 Å². The highest BCUT2D eigenvalue weighted by molar-refractivity contribution is 7.41. The molecule has 2 aromatic carbocycles. The smallest absolute Gasteiger partial charge is 0.416 e. The molecule has 0 N–H and O–H groups in total. The van der Waals surface area contributed by atoms with Crippen molar-refractivity contribution in [2.45, 2.75) is 32.3 Å². The van der Waals surface area contributed by atoms with Crippen LogP contribution in [0, 0.1) is 0 Å². The summed E-state index contributed by atoms with van der Waals surface area (Å²) in [6, 6.07) is 23.2. The minimum absolute atomic E-state index is 0.131. The average molecular weight is 489 g/mol. The fourth-order valence-electron chi connectivity index (χ4n) is 2.79. The van der Waals surface area contributed by atoms with Gasteiger partial charge in [-0.2, -0.15) is 0 Å². The molecule has 0 saturated carbocycles. The molecule has 174 valence electrons. The van der Waals surface area contributed by atoms with Crippen molar-refractivity contribution in [3.05, 3.63) is 95.7 Å². The fourth-order valence-corrected chi connectivity index (χ4v) is 3.84. The number of ether oxygens (including phenoxy) is 1. The highest BCUT2D eigenvalue weighted by Gasteiger charge is 2.21. The van der Waals surface area contributed by atoms with E-state index >= 15 is 0 Å². The van der Waals surface area contributed by atoms with Crippen molar-refractivity contribution in [2.75, 3.05) is 11.9 Å². The number of rotatable bonds is 11. The Morgan fingerprint density at radius 2 is 1.45 bits per heavy atom. The molecule has 0 radical (unpaired) electrons. The van der Waals surface area contributed by atoms with Gasteiger partial charge in [0.25, 0.3) is 0 Å². The van der Waals surface area contributed by atoms with Gasteiger partial charge in [0.2, 0.25) is 0 Å². The van der Waals surface area contributed by atoms with E-state index < -0.39 is 20.3 Å². The van der Waals surface area contributed by atoms with Crippen LogP contribution in [0.3, 0.4) is 0 Å². The third kappa shape index (κ3) is 8.39. The summed E-state index contributed by atoms with van der Waals surface area (Å²) in [5, 5.41) is 0. The first-order valence-corrected chi connectivity index (χ1v) is 11.8. The van der Waals surface area contributed by atoms with Crippen molar-refractivity contribution >= 4 is 32.1 Å². The SMILES string of the molecule is CC(Cl)OC(=O)N(C)c1ncccc1COP(OCc1ccccc1)OCc1ccccc1. The molecule has 9 heteroatoms. The average Bonchev–Trinajstić information content (AvgIpc) is 2.84. The number of carbonyl (C=O) groups is 1. The number of nitrogens with zero attached hydrogens (tertiary/aromatic N) is 2. The Morgan fingerprint density at radius 1 is 0.909 bits per heavy atom. The molecule has 0 aliphatic carbocycles. The van der Waals surface area contributed by atoms with Crippen LogP contribution in [0.25, 0.3) is 0 Å². The normalized spacial score (nSPS) is 11.9. The Labute approximate surface area is 200 Å². The van der Waals surface area contributed by atoms with Crippen molar-refractivity contribution in [1.29, 1.82) is 0 Å². The van der Waals surface area contributed by atoms with Crippen molar-refractivity contribution in [1.82, 2.24) is 4.98 Å². The van der Waals surface area contributed by atoms with Crippen molar-refractivity contribution in [3.8, 4) is 0 Å². The number of carbonyl (C=O) groups excluding carboxylic acids is 1. The van der Waals surface area contributed by atoms with Gasteiger partial charge in [0.05, 0.1) is 19.8 Å². The Balaban J connectivity index is 1.67. The second kappa shape index (κ2) is 13.2. The molecule has 0 aliphatic rings. The summed E-state index contributed by atoms with van der Waals surface area (Å²) in [6.45, 7) is 2.39. The zero-order valence-electron chi connectivity index (χ0n) is 18.5. The molecule has 33 heavy (non-hydrogen) atoms.